The fourth-order valence-corrected chi connectivity index (χ4v) is 2.17. The number of hydrogen-bond donors (Lipinski definition) is 1. The van der Waals surface area contributed by atoms with Gasteiger partial charge in [-0.1, -0.05) is 28.9 Å². The average Bonchev–Trinajstić information content (AvgIpc) is 3.15. The van der Waals surface area contributed by atoms with E-state index in [1.165, 1.54) is 0 Å². The van der Waals surface area contributed by atoms with Crippen LogP contribution in [-0.2, 0) is 11.2 Å². The van der Waals surface area contributed by atoms with E-state index in [-0.39, 0.29) is 12.3 Å². The van der Waals surface area contributed by atoms with Crippen molar-refractivity contribution in [3.63, 3.8) is 0 Å². The summed E-state index contributed by atoms with van der Waals surface area (Å²) in [4.78, 5) is 11.8. The van der Waals surface area contributed by atoms with Gasteiger partial charge in [-0.15, -0.1) is 10.2 Å². The van der Waals surface area contributed by atoms with Gasteiger partial charge in [-0.3, -0.25) is 4.79 Å². The largest absolute Gasteiger partial charge is 0.421 e. The van der Waals surface area contributed by atoms with Crippen molar-refractivity contribution in [3.05, 3.63) is 47.0 Å². The summed E-state index contributed by atoms with van der Waals surface area (Å²) in [6.07, 6.45) is 0.510. The molecule has 0 saturated carbocycles. The number of aromatic nitrogens is 3. The topological polar surface area (TPSA) is 94.1 Å². The summed E-state index contributed by atoms with van der Waals surface area (Å²) in [6.45, 7) is 1.75. The normalized spacial score (nSPS) is 10.7. The first-order valence-electron chi connectivity index (χ1n) is 6.92. The molecule has 0 spiro atoms. The molecule has 2 heterocycles. The van der Waals surface area contributed by atoms with Crippen LogP contribution in [0, 0.1) is 6.92 Å². The molecule has 0 unspecified atom stereocenters. The Balaban J connectivity index is 1.59. The smallest absolute Gasteiger partial charge is 0.249 e. The zero-order valence-corrected chi connectivity index (χ0v) is 13.0. The number of benzene rings is 1. The molecular weight excluding hydrogens is 320 g/mol. The standard InChI is InChI=1S/C15H13ClN4O3/c1-9-8-12(20-23-9)17-13(21)6-7-14-18-19-15(22-14)10-4-2-3-5-11(10)16/h2-5,8H,6-7H2,1H3,(H,17,20,21). The van der Waals surface area contributed by atoms with E-state index in [0.717, 1.165) is 0 Å². The zero-order chi connectivity index (χ0) is 16.2. The maximum Gasteiger partial charge on any atom is 0.249 e. The van der Waals surface area contributed by atoms with Crippen molar-refractivity contribution in [1.82, 2.24) is 15.4 Å². The fourth-order valence-electron chi connectivity index (χ4n) is 1.95. The number of carbonyl (C=O) groups is 1. The number of rotatable bonds is 5. The van der Waals surface area contributed by atoms with Gasteiger partial charge in [0, 0.05) is 18.9 Å². The molecular formula is C15H13ClN4O3. The third-order valence-electron chi connectivity index (χ3n) is 3.03. The van der Waals surface area contributed by atoms with Crippen LogP contribution in [0.15, 0.2) is 39.3 Å². The highest BCUT2D eigenvalue weighted by atomic mass is 35.5. The molecule has 7 nitrogen and oxygen atoms in total. The van der Waals surface area contributed by atoms with Gasteiger partial charge >= 0.3 is 0 Å². The molecule has 0 radical (unpaired) electrons. The van der Waals surface area contributed by atoms with Crippen LogP contribution in [0.1, 0.15) is 18.1 Å². The van der Waals surface area contributed by atoms with Crippen molar-refractivity contribution in [2.45, 2.75) is 19.8 Å². The molecule has 23 heavy (non-hydrogen) atoms. The Labute approximate surface area is 136 Å². The molecule has 3 rings (SSSR count). The van der Waals surface area contributed by atoms with E-state index in [9.17, 15) is 4.79 Å². The van der Waals surface area contributed by atoms with E-state index in [0.29, 0.717) is 40.4 Å². The van der Waals surface area contributed by atoms with Crippen LogP contribution in [0.2, 0.25) is 5.02 Å². The highest BCUT2D eigenvalue weighted by Crippen LogP contribution is 2.26. The Morgan fingerprint density at radius 1 is 1.30 bits per heavy atom. The lowest BCUT2D eigenvalue weighted by Gasteiger charge is -1.99. The number of amides is 1. The summed E-state index contributed by atoms with van der Waals surface area (Å²) in [5, 5.41) is 14.7. The Morgan fingerprint density at radius 2 is 2.13 bits per heavy atom. The SMILES string of the molecule is Cc1cc(NC(=O)CCc2nnc(-c3ccccc3Cl)o2)no1. The van der Waals surface area contributed by atoms with Gasteiger partial charge in [0.25, 0.3) is 0 Å². The van der Waals surface area contributed by atoms with Crippen molar-refractivity contribution in [2.75, 3.05) is 5.32 Å². The summed E-state index contributed by atoms with van der Waals surface area (Å²) in [5.74, 6) is 1.50. The molecule has 3 aromatic rings. The molecule has 0 saturated heterocycles. The maximum atomic E-state index is 11.8. The number of carbonyl (C=O) groups excluding carboxylic acids is 1. The van der Waals surface area contributed by atoms with Crippen molar-refractivity contribution in [2.24, 2.45) is 0 Å². The van der Waals surface area contributed by atoms with Crippen molar-refractivity contribution in [3.8, 4) is 11.5 Å². The fraction of sp³-hybridized carbons (Fsp3) is 0.200. The molecule has 0 fully saturated rings. The second-order valence-corrected chi connectivity index (χ2v) is 5.26. The first-order valence-corrected chi connectivity index (χ1v) is 7.30. The number of anilines is 1. The lowest BCUT2D eigenvalue weighted by molar-refractivity contribution is -0.116. The summed E-state index contributed by atoms with van der Waals surface area (Å²) in [5.41, 5.74) is 0.662. The van der Waals surface area contributed by atoms with Gasteiger partial charge in [0.05, 0.1) is 10.6 Å². The Morgan fingerprint density at radius 3 is 2.87 bits per heavy atom. The summed E-state index contributed by atoms with van der Waals surface area (Å²) in [7, 11) is 0. The average molecular weight is 333 g/mol. The molecule has 0 aliphatic rings. The van der Waals surface area contributed by atoms with E-state index in [1.54, 1.807) is 25.1 Å². The lowest BCUT2D eigenvalue weighted by Crippen LogP contribution is -2.12. The van der Waals surface area contributed by atoms with Gasteiger partial charge in [-0.25, -0.2) is 0 Å². The minimum Gasteiger partial charge on any atom is -0.421 e. The molecule has 1 N–H and O–H groups in total. The highest BCUT2D eigenvalue weighted by molar-refractivity contribution is 6.33. The molecule has 118 valence electrons. The van der Waals surface area contributed by atoms with Crippen LogP contribution >= 0.6 is 11.6 Å². The molecule has 2 aromatic heterocycles. The second kappa shape index (κ2) is 6.62. The minimum atomic E-state index is -0.212. The Kier molecular flexibility index (Phi) is 4.38. The van der Waals surface area contributed by atoms with Gasteiger partial charge in [0.2, 0.25) is 17.7 Å². The van der Waals surface area contributed by atoms with Crippen molar-refractivity contribution < 1.29 is 13.7 Å². The first kappa shape index (κ1) is 15.2. The van der Waals surface area contributed by atoms with Crippen LogP contribution in [-0.4, -0.2) is 21.3 Å². The number of nitrogens with zero attached hydrogens (tertiary/aromatic N) is 3. The number of nitrogens with one attached hydrogen (secondary N) is 1. The van der Waals surface area contributed by atoms with Gasteiger partial charge in [0.1, 0.15) is 5.76 Å². The summed E-state index contributed by atoms with van der Waals surface area (Å²) in [6, 6.07) is 8.82. The first-order chi connectivity index (χ1) is 11.1. The van der Waals surface area contributed by atoms with E-state index >= 15 is 0 Å². The Hall–Kier alpha value is -2.67. The van der Waals surface area contributed by atoms with Crippen molar-refractivity contribution in [1.29, 1.82) is 0 Å². The van der Waals surface area contributed by atoms with E-state index in [1.807, 2.05) is 12.1 Å². The molecule has 1 aromatic carbocycles. The van der Waals surface area contributed by atoms with Gasteiger partial charge < -0.3 is 14.3 Å². The van der Waals surface area contributed by atoms with E-state index in [4.69, 9.17) is 20.5 Å². The molecule has 0 aliphatic carbocycles. The lowest BCUT2D eigenvalue weighted by atomic mass is 10.2. The quantitative estimate of drug-likeness (QED) is 0.770. The van der Waals surface area contributed by atoms with Crippen molar-refractivity contribution >= 4 is 23.3 Å². The van der Waals surface area contributed by atoms with Crippen LogP contribution in [0.25, 0.3) is 11.5 Å². The van der Waals surface area contributed by atoms with E-state index < -0.39 is 0 Å². The minimum absolute atomic E-state index is 0.191. The molecule has 0 aliphatic heterocycles. The number of aryl methyl sites for hydroxylation is 2. The highest BCUT2D eigenvalue weighted by Gasteiger charge is 2.13. The third-order valence-corrected chi connectivity index (χ3v) is 3.36. The van der Waals surface area contributed by atoms with E-state index in [2.05, 4.69) is 20.7 Å². The molecule has 8 heteroatoms. The summed E-state index contributed by atoms with van der Waals surface area (Å²) >= 11 is 6.08. The van der Waals surface area contributed by atoms with Crippen LogP contribution in [0.5, 0.6) is 0 Å². The predicted octanol–water partition coefficient (Wildman–Crippen LogP) is 3.26. The number of hydrogen-bond acceptors (Lipinski definition) is 6. The van der Waals surface area contributed by atoms with Gasteiger partial charge in [-0.05, 0) is 19.1 Å². The molecule has 0 atom stereocenters. The monoisotopic (exact) mass is 332 g/mol. The van der Waals surface area contributed by atoms with Crippen LogP contribution in [0.4, 0.5) is 5.82 Å². The van der Waals surface area contributed by atoms with Crippen LogP contribution in [0.3, 0.4) is 0 Å². The van der Waals surface area contributed by atoms with Gasteiger partial charge in [0.15, 0.2) is 5.82 Å². The number of halogens is 1. The second-order valence-electron chi connectivity index (χ2n) is 4.85. The predicted molar refractivity (Wildman–Crippen MR) is 82.9 cm³/mol. The molecule has 1 amide bonds. The maximum absolute atomic E-state index is 11.8. The summed E-state index contributed by atoms with van der Waals surface area (Å²) < 4.78 is 10.4. The van der Waals surface area contributed by atoms with Crippen LogP contribution < -0.4 is 5.32 Å². The zero-order valence-electron chi connectivity index (χ0n) is 12.2. The Bertz CT molecular complexity index is 828. The third kappa shape index (κ3) is 3.75. The molecule has 0 bridgehead atoms. The van der Waals surface area contributed by atoms with Gasteiger partial charge in [-0.2, -0.15) is 0 Å².